The highest BCUT2D eigenvalue weighted by molar-refractivity contribution is 7.20. The Morgan fingerprint density at radius 2 is 0.776 bits per heavy atom. The third-order valence-corrected chi connectivity index (χ3v) is 17.0. The lowest BCUT2D eigenvalue weighted by Gasteiger charge is -2.35. The molecule has 272 valence electrons. The molecule has 0 aliphatic heterocycles. The highest BCUT2D eigenvalue weighted by Gasteiger charge is 2.42. The van der Waals surface area contributed by atoms with Gasteiger partial charge in [0.1, 0.15) is 11.2 Å². The summed E-state index contributed by atoms with van der Waals surface area (Å²) in [4.78, 5) is 0. The van der Waals surface area contributed by atoms with Gasteiger partial charge < -0.3 is 13.6 Å². The zero-order valence-corrected chi connectivity index (χ0v) is 32.6. The largest absolute Gasteiger partial charge is 0.456 e. The van der Waals surface area contributed by atoms with Crippen LogP contribution in [-0.2, 0) is 0 Å². The van der Waals surface area contributed by atoms with Gasteiger partial charge in [-0.25, -0.2) is 0 Å². The monoisotopic (exact) mass is 756 g/mol. The van der Waals surface area contributed by atoms with E-state index in [0.29, 0.717) is 0 Å². The number of hydrogen-bond donors (Lipinski definition) is 0. The van der Waals surface area contributed by atoms with E-state index in [1.54, 1.807) is 0 Å². The maximum atomic E-state index is 6.49. The Balaban J connectivity index is 1.17. The molecule has 58 heavy (non-hydrogen) atoms. The lowest BCUT2D eigenvalue weighted by molar-refractivity contribution is 0.669. The molecule has 0 aliphatic rings. The van der Waals surface area contributed by atoms with Gasteiger partial charge in [0.2, 0.25) is 0 Å². The van der Waals surface area contributed by atoms with Gasteiger partial charge >= 0.3 is 0 Å². The van der Waals surface area contributed by atoms with Crippen LogP contribution in [0, 0.1) is 0 Å². The van der Waals surface area contributed by atoms with Crippen molar-refractivity contribution in [1.29, 1.82) is 0 Å². The minimum absolute atomic E-state index is 0.897. The van der Waals surface area contributed by atoms with Crippen molar-refractivity contribution in [3.63, 3.8) is 0 Å². The number of para-hydroxylation sites is 4. The number of fused-ring (bicyclic) bond motifs is 9. The number of benzene rings is 9. The quantitative estimate of drug-likeness (QED) is 0.122. The minimum Gasteiger partial charge on any atom is -0.456 e. The molecule has 0 N–H and O–H groups in total. The van der Waals surface area contributed by atoms with E-state index in [4.69, 9.17) is 4.42 Å². The molecule has 0 bridgehead atoms. The average molecular weight is 757 g/mol. The van der Waals surface area contributed by atoms with Crippen molar-refractivity contribution in [3.05, 3.63) is 218 Å². The fraction of sp³-hybridized carbons (Fsp3) is 0. The van der Waals surface area contributed by atoms with Crippen LogP contribution in [0.3, 0.4) is 0 Å². The Hall–Kier alpha value is -7.40. The molecule has 4 heteroatoms. The molecule has 0 saturated carbocycles. The van der Waals surface area contributed by atoms with Crippen LogP contribution in [0.1, 0.15) is 0 Å². The van der Waals surface area contributed by atoms with E-state index >= 15 is 0 Å². The molecule has 0 unspecified atom stereocenters. The fourth-order valence-corrected chi connectivity index (χ4v) is 14.6. The molecule has 0 amide bonds. The number of rotatable bonds is 6. The van der Waals surface area contributed by atoms with Gasteiger partial charge in [-0.15, -0.1) is 0 Å². The summed E-state index contributed by atoms with van der Waals surface area (Å²) in [6.45, 7) is 0. The van der Waals surface area contributed by atoms with Crippen LogP contribution in [0.4, 0.5) is 0 Å². The van der Waals surface area contributed by atoms with Crippen molar-refractivity contribution in [2.45, 2.75) is 0 Å². The van der Waals surface area contributed by atoms with Crippen molar-refractivity contribution in [3.8, 4) is 11.4 Å². The third kappa shape index (κ3) is 4.73. The second kappa shape index (κ2) is 12.8. The van der Waals surface area contributed by atoms with Gasteiger partial charge in [-0.2, -0.15) is 0 Å². The summed E-state index contributed by atoms with van der Waals surface area (Å²) in [5.74, 6) is 0. The van der Waals surface area contributed by atoms with Crippen molar-refractivity contribution in [1.82, 2.24) is 9.13 Å². The summed E-state index contributed by atoms with van der Waals surface area (Å²) < 4.78 is 11.4. The van der Waals surface area contributed by atoms with E-state index in [2.05, 4.69) is 221 Å². The second-order valence-electron chi connectivity index (χ2n) is 15.3. The zero-order chi connectivity index (χ0) is 38.2. The highest BCUT2D eigenvalue weighted by atomic mass is 28.3. The molecule has 3 aromatic heterocycles. The molecule has 12 rings (SSSR count). The van der Waals surface area contributed by atoms with Crippen LogP contribution in [0.15, 0.2) is 223 Å². The molecule has 3 heterocycles. The molecule has 0 fully saturated rings. The summed E-state index contributed by atoms with van der Waals surface area (Å²) >= 11 is 0. The lowest BCUT2D eigenvalue weighted by Crippen LogP contribution is -2.74. The molecule has 12 aromatic rings. The first kappa shape index (κ1) is 32.8. The highest BCUT2D eigenvalue weighted by Crippen LogP contribution is 2.38. The Labute approximate surface area is 336 Å². The standard InChI is InChI=1S/C54H36N2OSi/c1-4-17-37(18-5-1)55-49-28-13-10-25-43(49)45-32-31-42(34-51(45)55)58(39-20-6-2-7-21-39,40-22-8-3-9-23-40)41-24-16-19-38(33-41)56-50-29-14-11-26-44(50)47-35-48-46-27-12-15-30-53(46)57-54(48)36-52(47)56/h1-36H. The first-order valence-electron chi connectivity index (χ1n) is 19.9. The SMILES string of the molecule is c1ccc(-n2c3ccccc3c3ccc([Si](c4ccccc4)(c4ccccc4)c4cccc(-n5c6ccccc6c6cc7c(cc65)oc5ccccc57)c4)cc32)cc1. The van der Waals surface area contributed by atoms with Crippen LogP contribution in [0.5, 0.6) is 0 Å². The first-order chi connectivity index (χ1) is 28.8. The minimum atomic E-state index is -2.98. The molecule has 3 nitrogen and oxygen atoms in total. The Morgan fingerprint density at radius 3 is 1.48 bits per heavy atom. The summed E-state index contributed by atoms with van der Waals surface area (Å²) in [6, 6.07) is 80.4. The third-order valence-electron chi connectivity index (χ3n) is 12.2. The van der Waals surface area contributed by atoms with Gasteiger partial charge in [0, 0.05) is 49.8 Å². The van der Waals surface area contributed by atoms with Gasteiger partial charge in [-0.1, -0.05) is 158 Å². The van der Waals surface area contributed by atoms with Crippen LogP contribution in [0.25, 0.3) is 76.9 Å². The number of furan rings is 1. The van der Waals surface area contributed by atoms with E-state index < -0.39 is 8.07 Å². The molecule has 0 aliphatic carbocycles. The molecule has 0 saturated heterocycles. The fourth-order valence-electron chi connectivity index (χ4n) is 9.78. The van der Waals surface area contributed by atoms with E-state index in [1.165, 1.54) is 58.8 Å². The molecule has 0 radical (unpaired) electrons. The summed E-state index contributed by atoms with van der Waals surface area (Å²) in [5, 5.41) is 12.6. The number of aromatic nitrogens is 2. The predicted octanol–water partition coefficient (Wildman–Crippen LogP) is 11.2. The van der Waals surface area contributed by atoms with Crippen LogP contribution in [0.2, 0.25) is 0 Å². The van der Waals surface area contributed by atoms with Gasteiger partial charge in [0.15, 0.2) is 8.07 Å². The first-order valence-corrected chi connectivity index (χ1v) is 21.9. The van der Waals surface area contributed by atoms with E-state index in [9.17, 15) is 0 Å². The Kier molecular flexibility index (Phi) is 7.25. The molecular weight excluding hydrogens is 721 g/mol. The smallest absolute Gasteiger partial charge is 0.179 e. The summed E-state index contributed by atoms with van der Waals surface area (Å²) in [6.07, 6.45) is 0. The average Bonchev–Trinajstić information content (AvgIpc) is 3.94. The predicted molar refractivity (Wildman–Crippen MR) is 246 cm³/mol. The van der Waals surface area contributed by atoms with Crippen molar-refractivity contribution < 1.29 is 4.42 Å². The topological polar surface area (TPSA) is 23.0 Å². The van der Waals surface area contributed by atoms with Crippen LogP contribution >= 0.6 is 0 Å². The van der Waals surface area contributed by atoms with Gasteiger partial charge in [0.05, 0.1) is 22.1 Å². The van der Waals surface area contributed by atoms with Crippen LogP contribution in [-0.4, -0.2) is 17.2 Å². The van der Waals surface area contributed by atoms with Gasteiger partial charge in [0.25, 0.3) is 0 Å². The van der Waals surface area contributed by atoms with Crippen molar-refractivity contribution in [2.75, 3.05) is 0 Å². The van der Waals surface area contributed by atoms with E-state index in [-0.39, 0.29) is 0 Å². The Morgan fingerprint density at radius 1 is 0.276 bits per heavy atom. The normalized spacial score (nSPS) is 12.1. The summed E-state index contributed by atoms with van der Waals surface area (Å²) in [5.41, 5.74) is 8.81. The maximum absolute atomic E-state index is 6.49. The Bertz CT molecular complexity index is 3470. The van der Waals surface area contributed by atoms with Gasteiger partial charge in [-0.05, 0) is 75.3 Å². The van der Waals surface area contributed by atoms with E-state index in [0.717, 1.165) is 38.8 Å². The zero-order valence-electron chi connectivity index (χ0n) is 31.6. The lowest BCUT2D eigenvalue weighted by atomic mass is 10.1. The maximum Gasteiger partial charge on any atom is 0.179 e. The number of nitrogens with zero attached hydrogens (tertiary/aromatic N) is 2. The van der Waals surface area contributed by atoms with Gasteiger partial charge in [-0.3, -0.25) is 0 Å². The van der Waals surface area contributed by atoms with Crippen molar-refractivity contribution in [2.24, 2.45) is 0 Å². The number of hydrogen-bond acceptors (Lipinski definition) is 1. The molecule has 0 spiro atoms. The second-order valence-corrected chi connectivity index (χ2v) is 19.1. The molecule has 9 aromatic carbocycles. The van der Waals surface area contributed by atoms with Crippen LogP contribution < -0.4 is 20.7 Å². The van der Waals surface area contributed by atoms with Crippen molar-refractivity contribution >= 4 is 94.4 Å². The van der Waals surface area contributed by atoms with E-state index in [1.807, 2.05) is 6.07 Å². The summed E-state index contributed by atoms with van der Waals surface area (Å²) in [7, 11) is -2.98. The molecular formula is C54H36N2OSi. The molecule has 0 atom stereocenters.